The van der Waals surface area contributed by atoms with Crippen LogP contribution in [0.4, 0.5) is 0 Å². The van der Waals surface area contributed by atoms with E-state index >= 15 is 0 Å². The van der Waals surface area contributed by atoms with E-state index in [9.17, 15) is 24.0 Å². The molecule has 4 amide bonds. The van der Waals surface area contributed by atoms with Gasteiger partial charge in [-0.05, 0) is 48.7 Å². The summed E-state index contributed by atoms with van der Waals surface area (Å²) < 4.78 is 0. The van der Waals surface area contributed by atoms with Crippen LogP contribution in [0.2, 0.25) is 0 Å². The Morgan fingerprint density at radius 3 is 2.44 bits per heavy atom. The normalized spacial score (nSPS) is 21.9. The molecule has 0 aromatic heterocycles. The van der Waals surface area contributed by atoms with Crippen molar-refractivity contribution in [3.05, 3.63) is 71.8 Å². The van der Waals surface area contributed by atoms with E-state index in [0.29, 0.717) is 25.3 Å². The van der Waals surface area contributed by atoms with Crippen molar-refractivity contribution in [1.29, 1.82) is 0 Å². The fraction of sp³-hybridized carbons (Fsp3) is 0.500. The van der Waals surface area contributed by atoms with Crippen LogP contribution < -0.4 is 21.3 Å². The molecule has 2 aliphatic carbocycles. The minimum absolute atomic E-state index is 0.0126. The van der Waals surface area contributed by atoms with Crippen LogP contribution in [-0.4, -0.2) is 48.0 Å². The fourth-order valence-corrected chi connectivity index (χ4v) is 6.04. The molecule has 0 spiro atoms. The smallest absolute Gasteiger partial charge is 0.289 e. The zero-order valence-electron chi connectivity index (χ0n) is 25.0. The molecule has 1 heterocycles. The Hall–Kier alpha value is -4.01. The van der Waals surface area contributed by atoms with E-state index in [-0.39, 0.29) is 24.8 Å². The highest BCUT2D eigenvalue weighted by Crippen LogP contribution is 2.28. The van der Waals surface area contributed by atoms with Crippen LogP contribution in [0, 0.1) is 17.8 Å². The summed E-state index contributed by atoms with van der Waals surface area (Å²) in [6.45, 7) is 2.73. The third-order valence-corrected chi connectivity index (χ3v) is 8.67. The highest BCUT2D eigenvalue weighted by atomic mass is 16.2. The molecule has 1 saturated heterocycles. The van der Waals surface area contributed by atoms with Gasteiger partial charge in [0.05, 0.1) is 6.04 Å². The lowest BCUT2D eigenvalue weighted by Gasteiger charge is -2.28. The van der Waals surface area contributed by atoms with Gasteiger partial charge in [-0.1, -0.05) is 93.7 Å². The minimum atomic E-state index is -1.20. The Bertz CT molecular complexity index is 1250. The first kappa shape index (κ1) is 31.9. The molecule has 1 aromatic rings. The minimum Gasteiger partial charge on any atom is -0.356 e. The number of rotatable bonds is 13. The molecular formula is C34H44N4O5. The molecule has 230 valence electrons. The van der Waals surface area contributed by atoms with E-state index in [1.165, 1.54) is 6.08 Å². The summed E-state index contributed by atoms with van der Waals surface area (Å²) in [6, 6.07) is 7.13. The van der Waals surface area contributed by atoms with Gasteiger partial charge in [0.25, 0.3) is 5.91 Å². The van der Waals surface area contributed by atoms with Gasteiger partial charge in [0.2, 0.25) is 23.5 Å². The number of hydrogen-bond acceptors (Lipinski definition) is 5. The fourth-order valence-electron chi connectivity index (χ4n) is 6.04. The highest BCUT2D eigenvalue weighted by molar-refractivity contribution is 6.38. The number of amides is 4. The van der Waals surface area contributed by atoms with E-state index in [0.717, 1.165) is 49.7 Å². The quantitative estimate of drug-likeness (QED) is 0.207. The van der Waals surface area contributed by atoms with Crippen LogP contribution >= 0.6 is 0 Å². The van der Waals surface area contributed by atoms with Gasteiger partial charge in [-0.25, -0.2) is 0 Å². The standard InChI is InChI=1S/C34H44N4O5/c1-23-10-8-9-15-26(23)16-17-30(39)37-29(20-24-11-4-2-5-12-24)33(42)38-28(21-27-18-19-35-32(27)41)31(40)34(43)36-22-25-13-6-3-7-14-25/h3,6-9,13-17,23-24,27-29H,2,4-5,10-12,18-22H2,1H3,(H,35,41)(H,36,43)(H,37,39)(H,38,42)/b17-16+/t23?,27-,28?,29-/m0/s1. The van der Waals surface area contributed by atoms with Crippen LogP contribution in [0.3, 0.4) is 0 Å². The SMILES string of the molecule is CC1CC=CC=C1/C=C/C(=O)N[C@@H](CC1CCCCC1)C(=O)NC(C[C@@H]1CCNC1=O)C(=O)C(=O)NCc1ccccc1. The Kier molecular flexibility index (Phi) is 11.9. The van der Waals surface area contributed by atoms with E-state index in [2.05, 4.69) is 34.3 Å². The first-order chi connectivity index (χ1) is 20.8. The van der Waals surface area contributed by atoms with E-state index < -0.39 is 41.5 Å². The lowest BCUT2D eigenvalue weighted by Crippen LogP contribution is -2.54. The number of nitrogens with one attached hydrogen (secondary N) is 4. The van der Waals surface area contributed by atoms with Crippen LogP contribution in [0.1, 0.15) is 70.3 Å². The average molecular weight is 589 g/mol. The van der Waals surface area contributed by atoms with Gasteiger partial charge in [0, 0.05) is 25.1 Å². The highest BCUT2D eigenvalue weighted by Gasteiger charge is 2.36. The summed E-state index contributed by atoms with van der Waals surface area (Å²) >= 11 is 0. The van der Waals surface area contributed by atoms with Crippen molar-refractivity contribution >= 4 is 29.4 Å². The molecule has 1 aliphatic heterocycles. The number of ketones is 1. The summed E-state index contributed by atoms with van der Waals surface area (Å²) in [5.41, 5.74) is 1.87. The molecule has 1 saturated carbocycles. The van der Waals surface area contributed by atoms with Crippen LogP contribution in [-0.2, 0) is 30.5 Å². The second-order valence-corrected chi connectivity index (χ2v) is 12.0. The Labute approximate surface area is 254 Å². The van der Waals surface area contributed by atoms with Crippen LogP contribution in [0.5, 0.6) is 0 Å². The molecule has 2 fully saturated rings. The first-order valence-corrected chi connectivity index (χ1v) is 15.6. The number of hydrogen-bond donors (Lipinski definition) is 4. The first-order valence-electron chi connectivity index (χ1n) is 15.6. The second kappa shape index (κ2) is 16.0. The molecule has 43 heavy (non-hydrogen) atoms. The number of allylic oxidation sites excluding steroid dienone is 5. The van der Waals surface area contributed by atoms with E-state index in [1.54, 1.807) is 6.08 Å². The van der Waals surface area contributed by atoms with Gasteiger partial charge >= 0.3 is 0 Å². The van der Waals surface area contributed by atoms with E-state index in [4.69, 9.17) is 0 Å². The van der Waals surface area contributed by atoms with Crippen LogP contribution in [0.25, 0.3) is 0 Å². The zero-order valence-corrected chi connectivity index (χ0v) is 25.0. The predicted molar refractivity (Wildman–Crippen MR) is 164 cm³/mol. The largest absolute Gasteiger partial charge is 0.356 e. The second-order valence-electron chi connectivity index (χ2n) is 12.0. The number of benzene rings is 1. The van der Waals surface area contributed by atoms with Crippen molar-refractivity contribution in [1.82, 2.24) is 21.3 Å². The van der Waals surface area contributed by atoms with Gasteiger partial charge in [-0.2, -0.15) is 0 Å². The molecule has 4 atom stereocenters. The Morgan fingerprint density at radius 1 is 0.977 bits per heavy atom. The molecule has 9 nitrogen and oxygen atoms in total. The summed E-state index contributed by atoms with van der Waals surface area (Å²) in [7, 11) is 0. The molecular weight excluding hydrogens is 544 g/mol. The van der Waals surface area contributed by atoms with Gasteiger partial charge in [0.15, 0.2) is 0 Å². The molecule has 2 unspecified atom stereocenters. The number of Topliss-reactive ketones (excluding diaryl/α,β-unsaturated/α-hetero) is 1. The lowest BCUT2D eigenvalue weighted by molar-refractivity contribution is -0.141. The van der Waals surface area contributed by atoms with Crippen molar-refractivity contribution in [3.63, 3.8) is 0 Å². The number of carbonyl (C=O) groups is 5. The van der Waals surface area contributed by atoms with Gasteiger partial charge < -0.3 is 21.3 Å². The third-order valence-electron chi connectivity index (χ3n) is 8.67. The van der Waals surface area contributed by atoms with Crippen molar-refractivity contribution in [2.75, 3.05) is 6.54 Å². The lowest BCUT2D eigenvalue weighted by atomic mass is 9.84. The summed E-state index contributed by atoms with van der Waals surface area (Å²) in [4.78, 5) is 65.4. The van der Waals surface area contributed by atoms with Crippen LogP contribution in [0.15, 0.2) is 66.3 Å². The van der Waals surface area contributed by atoms with Gasteiger partial charge in [-0.15, -0.1) is 0 Å². The maximum Gasteiger partial charge on any atom is 0.289 e. The molecule has 3 aliphatic rings. The van der Waals surface area contributed by atoms with Gasteiger partial charge in [-0.3, -0.25) is 24.0 Å². The van der Waals surface area contributed by atoms with Crippen molar-refractivity contribution in [3.8, 4) is 0 Å². The molecule has 4 rings (SSSR count). The summed E-state index contributed by atoms with van der Waals surface area (Å²) in [6.07, 6.45) is 16.4. The topological polar surface area (TPSA) is 133 Å². The third kappa shape index (κ3) is 9.76. The van der Waals surface area contributed by atoms with Crippen molar-refractivity contribution in [2.24, 2.45) is 17.8 Å². The molecule has 1 aromatic carbocycles. The number of carbonyl (C=O) groups excluding carboxylic acids is 5. The maximum absolute atomic E-state index is 13.7. The Balaban J connectivity index is 1.47. The van der Waals surface area contributed by atoms with E-state index in [1.807, 2.05) is 42.5 Å². The monoisotopic (exact) mass is 588 g/mol. The van der Waals surface area contributed by atoms with Crippen molar-refractivity contribution < 1.29 is 24.0 Å². The van der Waals surface area contributed by atoms with Gasteiger partial charge in [0.1, 0.15) is 6.04 Å². The summed E-state index contributed by atoms with van der Waals surface area (Å²) in [5.74, 6) is -2.68. The molecule has 0 bridgehead atoms. The molecule has 0 radical (unpaired) electrons. The predicted octanol–water partition coefficient (Wildman–Crippen LogP) is 3.42. The average Bonchev–Trinajstić information content (AvgIpc) is 3.43. The maximum atomic E-state index is 13.7. The zero-order chi connectivity index (χ0) is 30.6. The molecule has 4 N–H and O–H groups in total. The summed E-state index contributed by atoms with van der Waals surface area (Å²) in [5, 5.41) is 11.0. The molecule has 9 heteroatoms. The van der Waals surface area contributed by atoms with Crippen molar-refractivity contribution in [2.45, 2.75) is 83.3 Å². The Morgan fingerprint density at radius 2 is 1.74 bits per heavy atom.